The monoisotopic (exact) mass is 289 g/mol. The molecule has 3 heteroatoms. The van der Waals surface area contributed by atoms with Crippen molar-refractivity contribution in [1.29, 1.82) is 0 Å². The van der Waals surface area contributed by atoms with Crippen molar-refractivity contribution in [3.8, 4) is 0 Å². The Balaban J connectivity index is 1.54. The number of ether oxygens (including phenoxy) is 1. The van der Waals surface area contributed by atoms with Gasteiger partial charge in [-0.05, 0) is 36.3 Å². The van der Waals surface area contributed by atoms with Gasteiger partial charge in [0.2, 0.25) is 0 Å². The Morgan fingerprint density at radius 3 is 2.62 bits per heavy atom. The lowest BCUT2D eigenvalue weighted by molar-refractivity contribution is -0.0276. The van der Waals surface area contributed by atoms with Crippen molar-refractivity contribution in [2.75, 3.05) is 19.7 Å². The van der Waals surface area contributed by atoms with Gasteiger partial charge in [0, 0.05) is 25.7 Å². The predicted molar refractivity (Wildman–Crippen MR) is 84.3 cm³/mol. The first kappa shape index (κ1) is 15.0. The fourth-order valence-electron chi connectivity index (χ4n) is 3.58. The third kappa shape index (κ3) is 3.31. The van der Waals surface area contributed by atoms with Crippen LogP contribution in [0.4, 0.5) is 0 Å². The van der Waals surface area contributed by atoms with Crippen LogP contribution >= 0.6 is 0 Å². The number of fused-ring (bicyclic) bond motifs is 1. The van der Waals surface area contributed by atoms with E-state index in [4.69, 9.17) is 4.74 Å². The molecule has 1 fully saturated rings. The molecule has 1 aromatic carbocycles. The number of benzene rings is 1. The molecule has 116 valence electrons. The van der Waals surface area contributed by atoms with Crippen LogP contribution in [0, 0.1) is 5.92 Å². The summed E-state index contributed by atoms with van der Waals surface area (Å²) in [6.07, 6.45) is 3.24. The minimum Gasteiger partial charge on any atom is -0.387 e. The Labute approximate surface area is 127 Å². The van der Waals surface area contributed by atoms with Crippen LogP contribution in [0.3, 0.4) is 0 Å². The Hall–Kier alpha value is -0.900. The molecule has 1 aromatic rings. The van der Waals surface area contributed by atoms with Crippen LogP contribution < -0.4 is 0 Å². The Morgan fingerprint density at radius 2 is 1.95 bits per heavy atom. The van der Waals surface area contributed by atoms with Crippen LogP contribution in [-0.4, -0.2) is 41.8 Å². The van der Waals surface area contributed by atoms with E-state index in [2.05, 4.69) is 36.9 Å². The molecule has 0 amide bonds. The molecule has 1 aliphatic carbocycles. The van der Waals surface area contributed by atoms with E-state index >= 15 is 0 Å². The number of hydrogen-bond donors (Lipinski definition) is 1. The number of aliphatic hydroxyl groups excluding tert-OH is 1. The topological polar surface area (TPSA) is 32.7 Å². The van der Waals surface area contributed by atoms with Gasteiger partial charge in [0.05, 0.1) is 12.2 Å². The molecule has 1 aliphatic heterocycles. The molecule has 3 rings (SSSR count). The lowest BCUT2D eigenvalue weighted by Gasteiger charge is -2.37. The predicted octanol–water partition coefficient (Wildman–Crippen LogP) is 2.78. The van der Waals surface area contributed by atoms with E-state index in [0.717, 1.165) is 44.5 Å². The first-order valence-corrected chi connectivity index (χ1v) is 8.26. The maximum atomic E-state index is 10.6. The lowest BCUT2D eigenvalue weighted by atomic mass is 10.0. The summed E-state index contributed by atoms with van der Waals surface area (Å²) in [4.78, 5) is 2.46. The third-order valence-electron chi connectivity index (χ3n) is 4.78. The highest BCUT2D eigenvalue weighted by atomic mass is 16.5. The van der Waals surface area contributed by atoms with E-state index in [0.29, 0.717) is 12.0 Å². The standard InChI is InChI=1S/C18H27NO2/c1-13(2)12-21-15-7-9-19(10-8-15)17-11-14-5-3-4-6-16(14)18(17)20/h3-6,13,15,17-18,20H,7-12H2,1-2H3. The summed E-state index contributed by atoms with van der Waals surface area (Å²) in [5.41, 5.74) is 2.44. The van der Waals surface area contributed by atoms with E-state index in [9.17, 15) is 5.11 Å². The fourth-order valence-corrected chi connectivity index (χ4v) is 3.58. The van der Waals surface area contributed by atoms with Crippen LogP contribution in [0.5, 0.6) is 0 Å². The molecule has 1 heterocycles. The second-order valence-electron chi connectivity index (χ2n) is 6.88. The minimum absolute atomic E-state index is 0.258. The van der Waals surface area contributed by atoms with Crippen LogP contribution in [0.25, 0.3) is 0 Å². The summed E-state index contributed by atoms with van der Waals surface area (Å²) in [5, 5.41) is 10.6. The quantitative estimate of drug-likeness (QED) is 0.925. The number of nitrogens with zero attached hydrogens (tertiary/aromatic N) is 1. The average molecular weight is 289 g/mol. The number of hydrogen-bond acceptors (Lipinski definition) is 3. The highest BCUT2D eigenvalue weighted by Crippen LogP contribution is 2.35. The molecule has 1 saturated heterocycles. The minimum atomic E-state index is -0.325. The Kier molecular flexibility index (Phi) is 4.63. The first-order chi connectivity index (χ1) is 10.1. The Bertz CT molecular complexity index is 466. The summed E-state index contributed by atoms with van der Waals surface area (Å²) in [6.45, 7) is 7.33. The zero-order chi connectivity index (χ0) is 14.8. The molecule has 2 atom stereocenters. The van der Waals surface area contributed by atoms with E-state index in [1.165, 1.54) is 5.56 Å². The molecule has 21 heavy (non-hydrogen) atoms. The van der Waals surface area contributed by atoms with E-state index in [-0.39, 0.29) is 12.1 Å². The summed E-state index contributed by atoms with van der Waals surface area (Å²) in [7, 11) is 0. The second kappa shape index (κ2) is 6.47. The summed E-state index contributed by atoms with van der Waals surface area (Å²) < 4.78 is 5.95. The summed E-state index contributed by atoms with van der Waals surface area (Å²) in [5.74, 6) is 0.606. The fraction of sp³-hybridized carbons (Fsp3) is 0.667. The largest absolute Gasteiger partial charge is 0.387 e. The second-order valence-corrected chi connectivity index (χ2v) is 6.88. The average Bonchev–Trinajstić information content (AvgIpc) is 2.83. The number of rotatable bonds is 4. The van der Waals surface area contributed by atoms with Crippen molar-refractivity contribution in [3.63, 3.8) is 0 Å². The van der Waals surface area contributed by atoms with E-state index in [1.807, 2.05) is 6.07 Å². The van der Waals surface area contributed by atoms with Crippen molar-refractivity contribution >= 4 is 0 Å². The lowest BCUT2D eigenvalue weighted by Crippen LogP contribution is -2.45. The molecule has 0 spiro atoms. The number of likely N-dealkylation sites (tertiary alicyclic amines) is 1. The highest BCUT2D eigenvalue weighted by Gasteiger charge is 2.36. The van der Waals surface area contributed by atoms with Crippen molar-refractivity contribution in [3.05, 3.63) is 35.4 Å². The van der Waals surface area contributed by atoms with Gasteiger partial charge in [0.25, 0.3) is 0 Å². The number of aliphatic hydroxyl groups is 1. The molecule has 2 unspecified atom stereocenters. The van der Waals surface area contributed by atoms with Crippen molar-refractivity contribution in [1.82, 2.24) is 4.90 Å². The van der Waals surface area contributed by atoms with Gasteiger partial charge in [-0.3, -0.25) is 4.90 Å². The van der Waals surface area contributed by atoms with Gasteiger partial charge >= 0.3 is 0 Å². The molecule has 2 aliphatic rings. The van der Waals surface area contributed by atoms with Crippen LogP contribution in [0.15, 0.2) is 24.3 Å². The maximum Gasteiger partial charge on any atom is 0.0951 e. The van der Waals surface area contributed by atoms with Crippen LogP contribution in [0.2, 0.25) is 0 Å². The molecular weight excluding hydrogens is 262 g/mol. The molecule has 0 saturated carbocycles. The summed E-state index contributed by atoms with van der Waals surface area (Å²) in [6, 6.07) is 8.57. The zero-order valence-corrected chi connectivity index (χ0v) is 13.2. The highest BCUT2D eigenvalue weighted by molar-refractivity contribution is 5.35. The SMILES string of the molecule is CC(C)COC1CCN(C2Cc3ccccc3C2O)CC1. The molecular formula is C18H27NO2. The maximum absolute atomic E-state index is 10.6. The Morgan fingerprint density at radius 1 is 1.24 bits per heavy atom. The van der Waals surface area contributed by atoms with E-state index in [1.54, 1.807) is 0 Å². The van der Waals surface area contributed by atoms with Gasteiger partial charge < -0.3 is 9.84 Å². The smallest absolute Gasteiger partial charge is 0.0951 e. The van der Waals surface area contributed by atoms with Crippen molar-refractivity contribution in [2.24, 2.45) is 5.92 Å². The first-order valence-electron chi connectivity index (χ1n) is 8.26. The van der Waals surface area contributed by atoms with Crippen molar-refractivity contribution in [2.45, 2.75) is 51.4 Å². The van der Waals surface area contributed by atoms with Gasteiger partial charge in [-0.15, -0.1) is 0 Å². The normalized spacial score (nSPS) is 27.2. The van der Waals surface area contributed by atoms with Gasteiger partial charge in [0.15, 0.2) is 0 Å². The van der Waals surface area contributed by atoms with Gasteiger partial charge in [-0.1, -0.05) is 38.1 Å². The van der Waals surface area contributed by atoms with Gasteiger partial charge in [0.1, 0.15) is 0 Å². The van der Waals surface area contributed by atoms with Crippen LogP contribution in [0.1, 0.15) is 43.9 Å². The molecule has 0 radical (unpaired) electrons. The van der Waals surface area contributed by atoms with Gasteiger partial charge in [-0.25, -0.2) is 0 Å². The molecule has 0 aromatic heterocycles. The molecule has 0 bridgehead atoms. The summed E-state index contributed by atoms with van der Waals surface area (Å²) >= 11 is 0. The molecule has 3 nitrogen and oxygen atoms in total. The van der Waals surface area contributed by atoms with Crippen LogP contribution in [-0.2, 0) is 11.2 Å². The van der Waals surface area contributed by atoms with Gasteiger partial charge in [-0.2, -0.15) is 0 Å². The third-order valence-corrected chi connectivity index (χ3v) is 4.78. The number of piperidine rings is 1. The zero-order valence-electron chi connectivity index (χ0n) is 13.2. The van der Waals surface area contributed by atoms with E-state index < -0.39 is 0 Å². The molecule has 1 N–H and O–H groups in total. The van der Waals surface area contributed by atoms with Crippen molar-refractivity contribution < 1.29 is 9.84 Å².